The zero-order valence-electron chi connectivity index (χ0n) is 12.4. The van der Waals surface area contributed by atoms with Crippen molar-refractivity contribution >= 4 is 0 Å². The van der Waals surface area contributed by atoms with E-state index >= 15 is 0 Å². The van der Waals surface area contributed by atoms with Crippen molar-refractivity contribution in [3.8, 4) is 5.75 Å². The van der Waals surface area contributed by atoms with Crippen LogP contribution >= 0.6 is 0 Å². The van der Waals surface area contributed by atoms with Crippen LogP contribution in [0.1, 0.15) is 43.9 Å². The highest BCUT2D eigenvalue weighted by Crippen LogP contribution is 2.35. The Labute approximate surface area is 116 Å². The van der Waals surface area contributed by atoms with Gasteiger partial charge >= 0.3 is 0 Å². The van der Waals surface area contributed by atoms with Crippen LogP contribution < -0.4 is 10.5 Å². The number of nitrogens with two attached hydrogens (primary N) is 1. The van der Waals surface area contributed by atoms with E-state index in [-0.39, 0.29) is 6.04 Å². The number of fused-ring (bicyclic) bond motifs is 1. The Bertz CT molecular complexity index is 419. The van der Waals surface area contributed by atoms with Gasteiger partial charge in [0.2, 0.25) is 0 Å². The maximum atomic E-state index is 6.47. The van der Waals surface area contributed by atoms with Gasteiger partial charge in [-0.15, -0.1) is 0 Å². The topological polar surface area (TPSA) is 38.5 Å². The zero-order valence-corrected chi connectivity index (χ0v) is 12.4. The molecule has 1 aromatic carbocycles. The average Bonchev–Trinajstić information content (AvgIpc) is 2.77. The van der Waals surface area contributed by atoms with Crippen LogP contribution in [-0.4, -0.2) is 31.1 Å². The van der Waals surface area contributed by atoms with Crippen LogP contribution in [0.25, 0.3) is 0 Å². The standard InChI is InChI=1S/C16H26N2O/c1-4-6-9-18(5-2)15-10-12-7-8-13(19-3)11-14(12)16(15)17/h7-8,11,15-16H,4-6,9-10,17H2,1-3H3. The second kappa shape index (κ2) is 6.40. The first-order valence-corrected chi connectivity index (χ1v) is 7.37. The third kappa shape index (κ3) is 2.93. The van der Waals surface area contributed by atoms with Crippen molar-refractivity contribution in [2.45, 2.75) is 45.2 Å². The Morgan fingerprint density at radius 1 is 1.37 bits per heavy atom. The van der Waals surface area contributed by atoms with Crippen molar-refractivity contribution in [3.63, 3.8) is 0 Å². The quantitative estimate of drug-likeness (QED) is 0.856. The Balaban J connectivity index is 2.14. The second-order valence-electron chi connectivity index (χ2n) is 5.34. The second-order valence-corrected chi connectivity index (χ2v) is 5.34. The normalized spacial score (nSPS) is 21.7. The van der Waals surface area contributed by atoms with Gasteiger partial charge in [-0.05, 0) is 49.2 Å². The third-order valence-corrected chi connectivity index (χ3v) is 4.23. The Kier molecular flexibility index (Phi) is 4.83. The van der Waals surface area contributed by atoms with Crippen molar-refractivity contribution in [3.05, 3.63) is 29.3 Å². The smallest absolute Gasteiger partial charge is 0.119 e. The number of likely N-dealkylation sites (N-methyl/N-ethyl adjacent to an activating group) is 1. The molecule has 0 amide bonds. The van der Waals surface area contributed by atoms with Crippen molar-refractivity contribution in [1.29, 1.82) is 0 Å². The summed E-state index contributed by atoms with van der Waals surface area (Å²) in [5, 5.41) is 0. The number of hydrogen-bond donors (Lipinski definition) is 1. The lowest BCUT2D eigenvalue weighted by atomic mass is 10.1. The van der Waals surface area contributed by atoms with E-state index in [9.17, 15) is 0 Å². The largest absolute Gasteiger partial charge is 0.497 e. The fourth-order valence-electron chi connectivity index (χ4n) is 3.03. The van der Waals surface area contributed by atoms with Crippen molar-refractivity contribution in [2.24, 2.45) is 5.73 Å². The molecule has 2 N–H and O–H groups in total. The lowest BCUT2D eigenvalue weighted by molar-refractivity contribution is 0.186. The van der Waals surface area contributed by atoms with Crippen molar-refractivity contribution < 1.29 is 4.74 Å². The van der Waals surface area contributed by atoms with Gasteiger partial charge in [0, 0.05) is 12.1 Å². The highest BCUT2D eigenvalue weighted by Gasteiger charge is 2.33. The molecule has 106 valence electrons. The highest BCUT2D eigenvalue weighted by molar-refractivity contribution is 5.42. The molecule has 0 heterocycles. The Morgan fingerprint density at radius 2 is 2.16 bits per heavy atom. The van der Waals surface area contributed by atoms with Gasteiger partial charge in [-0.1, -0.05) is 26.3 Å². The predicted molar refractivity (Wildman–Crippen MR) is 79.6 cm³/mol. The Hall–Kier alpha value is -1.06. The summed E-state index contributed by atoms with van der Waals surface area (Å²) in [4.78, 5) is 2.53. The molecule has 1 aliphatic rings. The molecular formula is C16H26N2O. The lowest BCUT2D eigenvalue weighted by Crippen LogP contribution is -2.41. The molecule has 0 aliphatic heterocycles. The molecule has 0 bridgehead atoms. The van der Waals surface area contributed by atoms with Crippen LogP contribution in [-0.2, 0) is 6.42 Å². The highest BCUT2D eigenvalue weighted by atomic mass is 16.5. The summed E-state index contributed by atoms with van der Waals surface area (Å²) < 4.78 is 5.31. The van der Waals surface area contributed by atoms with E-state index in [0.717, 1.165) is 25.3 Å². The molecule has 3 heteroatoms. The molecule has 0 saturated carbocycles. The van der Waals surface area contributed by atoms with E-state index in [2.05, 4.69) is 30.9 Å². The maximum Gasteiger partial charge on any atom is 0.119 e. The first-order valence-electron chi connectivity index (χ1n) is 7.37. The van der Waals surface area contributed by atoms with Crippen LogP contribution in [0.15, 0.2) is 18.2 Å². The number of nitrogens with zero attached hydrogens (tertiary/aromatic N) is 1. The first kappa shape index (κ1) is 14.4. The van der Waals surface area contributed by atoms with Gasteiger partial charge in [0.1, 0.15) is 5.75 Å². The summed E-state index contributed by atoms with van der Waals surface area (Å²) >= 11 is 0. The van der Waals surface area contributed by atoms with Crippen LogP contribution in [0, 0.1) is 0 Å². The number of ether oxygens (including phenoxy) is 1. The minimum absolute atomic E-state index is 0.113. The Morgan fingerprint density at radius 3 is 2.79 bits per heavy atom. The molecule has 2 atom stereocenters. The molecular weight excluding hydrogens is 236 g/mol. The number of methoxy groups -OCH3 is 1. The van der Waals surface area contributed by atoms with E-state index in [1.165, 1.54) is 24.0 Å². The summed E-state index contributed by atoms with van der Waals surface area (Å²) in [5.41, 5.74) is 9.11. The fourth-order valence-corrected chi connectivity index (χ4v) is 3.03. The van der Waals surface area contributed by atoms with Crippen LogP contribution in [0.4, 0.5) is 0 Å². The van der Waals surface area contributed by atoms with Gasteiger partial charge in [-0.2, -0.15) is 0 Å². The third-order valence-electron chi connectivity index (χ3n) is 4.23. The molecule has 1 aromatic rings. The van der Waals surface area contributed by atoms with Gasteiger partial charge in [0.15, 0.2) is 0 Å². The zero-order chi connectivity index (χ0) is 13.8. The van der Waals surface area contributed by atoms with E-state index in [1.807, 2.05) is 6.07 Å². The van der Waals surface area contributed by atoms with E-state index < -0.39 is 0 Å². The van der Waals surface area contributed by atoms with Crippen LogP contribution in [0.2, 0.25) is 0 Å². The van der Waals surface area contributed by atoms with Gasteiger partial charge in [0.05, 0.1) is 7.11 Å². The predicted octanol–water partition coefficient (Wildman–Crippen LogP) is 2.74. The summed E-state index contributed by atoms with van der Waals surface area (Å²) in [5.74, 6) is 0.909. The molecule has 1 aliphatic carbocycles. The molecule has 0 spiro atoms. The van der Waals surface area contributed by atoms with Gasteiger partial charge in [0.25, 0.3) is 0 Å². The number of rotatable bonds is 6. The number of benzene rings is 1. The summed E-state index contributed by atoms with van der Waals surface area (Å²) in [6.45, 7) is 6.69. The summed E-state index contributed by atoms with van der Waals surface area (Å²) in [6, 6.07) is 6.87. The average molecular weight is 262 g/mol. The van der Waals surface area contributed by atoms with Gasteiger partial charge in [-0.3, -0.25) is 4.90 Å². The van der Waals surface area contributed by atoms with E-state index in [4.69, 9.17) is 10.5 Å². The fraction of sp³-hybridized carbons (Fsp3) is 0.625. The maximum absolute atomic E-state index is 6.47. The van der Waals surface area contributed by atoms with Crippen molar-refractivity contribution in [1.82, 2.24) is 4.90 Å². The number of unbranched alkanes of at least 4 members (excludes halogenated alkanes) is 1. The molecule has 0 radical (unpaired) electrons. The van der Waals surface area contributed by atoms with Crippen LogP contribution in [0.5, 0.6) is 5.75 Å². The minimum Gasteiger partial charge on any atom is -0.497 e. The molecule has 2 rings (SSSR count). The molecule has 0 fully saturated rings. The lowest BCUT2D eigenvalue weighted by Gasteiger charge is -2.30. The van der Waals surface area contributed by atoms with Gasteiger partial charge < -0.3 is 10.5 Å². The SMILES string of the molecule is CCCCN(CC)C1Cc2ccc(OC)cc2C1N. The monoisotopic (exact) mass is 262 g/mol. The summed E-state index contributed by atoms with van der Waals surface area (Å²) in [6.07, 6.45) is 3.55. The minimum atomic E-state index is 0.113. The molecule has 3 nitrogen and oxygen atoms in total. The summed E-state index contributed by atoms with van der Waals surface area (Å²) in [7, 11) is 1.71. The van der Waals surface area contributed by atoms with Crippen molar-refractivity contribution in [2.75, 3.05) is 20.2 Å². The number of hydrogen-bond acceptors (Lipinski definition) is 3. The van der Waals surface area contributed by atoms with E-state index in [1.54, 1.807) is 7.11 Å². The molecule has 19 heavy (non-hydrogen) atoms. The molecule has 0 saturated heterocycles. The van der Waals surface area contributed by atoms with E-state index in [0.29, 0.717) is 6.04 Å². The van der Waals surface area contributed by atoms with Crippen LogP contribution in [0.3, 0.4) is 0 Å². The molecule has 2 unspecified atom stereocenters. The first-order chi connectivity index (χ1) is 9.21. The molecule has 0 aromatic heterocycles. The van der Waals surface area contributed by atoms with Gasteiger partial charge in [-0.25, -0.2) is 0 Å².